The lowest BCUT2D eigenvalue weighted by Crippen LogP contribution is -2.02. The van der Waals surface area contributed by atoms with Gasteiger partial charge in [0.1, 0.15) is 16.7 Å². The zero-order valence-electron chi connectivity index (χ0n) is 9.43. The molecular weight excluding hydrogens is 274 g/mol. The van der Waals surface area contributed by atoms with Crippen molar-refractivity contribution in [3.8, 4) is 0 Å². The Balaban J connectivity index is 2.19. The van der Waals surface area contributed by atoms with Crippen molar-refractivity contribution < 1.29 is 18.7 Å². The van der Waals surface area contributed by atoms with Crippen LogP contribution in [0, 0.1) is 11.6 Å². The summed E-state index contributed by atoms with van der Waals surface area (Å²) in [5.41, 5.74) is -0.0937. The number of nitrogens with zero attached hydrogens (tertiary/aromatic N) is 1. The topological polar surface area (TPSA) is 62.2 Å². The van der Waals surface area contributed by atoms with Gasteiger partial charge >= 0.3 is 5.97 Å². The van der Waals surface area contributed by atoms with Gasteiger partial charge in [-0.3, -0.25) is 0 Å². The second-order valence-corrected chi connectivity index (χ2v) is 4.28. The molecule has 0 radical (unpaired) electrons. The van der Waals surface area contributed by atoms with Crippen molar-refractivity contribution in [2.75, 3.05) is 4.72 Å². The zero-order chi connectivity index (χ0) is 13.8. The van der Waals surface area contributed by atoms with Crippen LogP contribution in [-0.2, 0) is 0 Å². The molecule has 0 aliphatic carbocycles. The number of pyridine rings is 1. The predicted molar refractivity (Wildman–Crippen MR) is 67.0 cm³/mol. The highest BCUT2D eigenvalue weighted by atomic mass is 32.2. The van der Waals surface area contributed by atoms with Crippen LogP contribution in [0.1, 0.15) is 10.4 Å². The molecule has 1 aromatic heterocycles. The quantitative estimate of drug-likeness (QED) is 0.843. The number of carboxylic acid groups (broad SMARTS) is 1. The SMILES string of the molecule is O=C(O)c1cccnc1SNc1cc(F)ccc1F. The Morgan fingerprint density at radius 2 is 2.11 bits per heavy atom. The van der Waals surface area contributed by atoms with Crippen molar-refractivity contribution in [2.24, 2.45) is 0 Å². The zero-order valence-corrected chi connectivity index (χ0v) is 10.2. The molecule has 98 valence electrons. The molecule has 0 saturated carbocycles. The van der Waals surface area contributed by atoms with Crippen LogP contribution < -0.4 is 4.72 Å². The van der Waals surface area contributed by atoms with Gasteiger partial charge in [-0.2, -0.15) is 0 Å². The molecule has 0 spiro atoms. The second kappa shape index (κ2) is 5.66. The number of benzene rings is 1. The molecule has 1 heterocycles. The molecule has 0 saturated heterocycles. The Hall–Kier alpha value is -2.15. The first kappa shape index (κ1) is 13.3. The average Bonchev–Trinajstić information content (AvgIpc) is 2.40. The fourth-order valence-corrected chi connectivity index (χ4v) is 2.06. The molecule has 19 heavy (non-hydrogen) atoms. The monoisotopic (exact) mass is 282 g/mol. The first-order valence-corrected chi connectivity index (χ1v) is 5.96. The Morgan fingerprint density at radius 3 is 2.84 bits per heavy atom. The molecule has 2 aromatic rings. The normalized spacial score (nSPS) is 10.2. The van der Waals surface area contributed by atoms with Gasteiger partial charge in [-0.25, -0.2) is 18.6 Å². The Morgan fingerprint density at radius 1 is 1.32 bits per heavy atom. The number of aromatic carboxylic acids is 1. The molecule has 0 unspecified atom stereocenters. The minimum atomic E-state index is -1.14. The number of hydrogen-bond acceptors (Lipinski definition) is 4. The van der Waals surface area contributed by atoms with Crippen LogP contribution in [0.25, 0.3) is 0 Å². The number of carboxylic acids is 1. The van der Waals surface area contributed by atoms with E-state index in [-0.39, 0.29) is 16.3 Å². The second-order valence-electron chi connectivity index (χ2n) is 3.49. The van der Waals surface area contributed by atoms with E-state index in [0.717, 1.165) is 30.1 Å². The highest BCUT2D eigenvalue weighted by molar-refractivity contribution is 8.00. The molecule has 2 rings (SSSR count). The van der Waals surface area contributed by atoms with Crippen molar-refractivity contribution in [1.82, 2.24) is 4.98 Å². The minimum absolute atomic E-state index is 0.0168. The predicted octanol–water partition coefficient (Wildman–Crippen LogP) is 3.18. The summed E-state index contributed by atoms with van der Waals surface area (Å²) in [7, 11) is 0. The fraction of sp³-hybridized carbons (Fsp3) is 0. The minimum Gasteiger partial charge on any atom is -0.478 e. The molecule has 0 bridgehead atoms. The van der Waals surface area contributed by atoms with E-state index < -0.39 is 17.6 Å². The third-order valence-corrected chi connectivity index (χ3v) is 3.03. The highest BCUT2D eigenvalue weighted by Gasteiger charge is 2.12. The smallest absolute Gasteiger partial charge is 0.338 e. The molecule has 0 aliphatic rings. The molecule has 0 atom stereocenters. The van der Waals surface area contributed by atoms with E-state index in [2.05, 4.69) is 9.71 Å². The standard InChI is InChI=1S/C12H8F2N2O2S/c13-7-3-4-9(14)10(6-7)16-19-11-8(12(17)18)2-1-5-15-11/h1-6,16H,(H,17,18). The third kappa shape index (κ3) is 3.19. The summed E-state index contributed by atoms with van der Waals surface area (Å²) in [6, 6.07) is 5.81. The average molecular weight is 282 g/mol. The van der Waals surface area contributed by atoms with Crippen LogP contribution in [0.15, 0.2) is 41.6 Å². The lowest BCUT2D eigenvalue weighted by Gasteiger charge is -2.07. The summed E-state index contributed by atoms with van der Waals surface area (Å²) >= 11 is 0.803. The van der Waals surface area contributed by atoms with Crippen molar-refractivity contribution in [3.63, 3.8) is 0 Å². The number of aromatic nitrogens is 1. The molecule has 4 nitrogen and oxygen atoms in total. The third-order valence-electron chi connectivity index (χ3n) is 2.19. The lowest BCUT2D eigenvalue weighted by molar-refractivity contribution is 0.0692. The van der Waals surface area contributed by atoms with E-state index >= 15 is 0 Å². The van der Waals surface area contributed by atoms with E-state index in [1.165, 1.54) is 18.3 Å². The maximum absolute atomic E-state index is 13.4. The van der Waals surface area contributed by atoms with Crippen molar-refractivity contribution in [1.29, 1.82) is 0 Å². The number of hydrogen-bond donors (Lipinski definition) is 2. The molecule has 0 amide bonds. The number of rotatable bonds is 4. The molecular formula is C12H8F2N2O2S. The van der Waals surface area contributed by atoms with Crippen molar-refractivity contribution >= 4 is 23.6 Å². The molecule has 7 heteroatoms. The molecule has 0 fully saturated rings. The first-order valence-electron chi connectivity index (χ1n) is 5.14. The van der Waals surface area contributed by atoms with Gasteiger partial charge in [0.2, 0.25) is 0 Å². The van der Waals surface area contributed by atoms with Gasteiger partial charge in [-0.1, -0.05) is 0 Å². The van der Waals surface area contributed by atoms with Gasteiger partial charge in [-0.15, -0.1) is 0 Å². The van der Waals surface area contributed by atoms with E-state index in [9.17, 15) is 13.6 Å². The summed E-state index contributed by atoms with van der Waals surface area (Å²) < 4.78 is 28.8. The van der Waals surface area contributed by atoms with E-state index in [0.29, 0.717) is 0 Å². The summed E-state index contributed by atoms with van der Waals surface area (Å²) in [5, 5.41) is 9.11. The van der Waals surface area contributed by atoms with Gasteiger partial charge in [0.25, 0.3) is 0 Å². The molecule has 1 aromatic carbocycles. The Kier molecular flexibility index (Phi) is 3.96. The van der Waals surface area contributed by atoms with E-state index in [1.807, 2.05) is 0 Å². The summed E-state index contributed by atoms with van der Waals surface area (Å²) in [5.74, 6) is -2.37. The maximum atomic E-state index is 13.4. The van der Waals surface area contributed by atoms with Crippen LogP contribution in [-0.4, -0.2) is 16.1 Å². The van der Waals surface area contributed by atoms with E-state index in [1.54, 1.807) is 0 Å². The fourth-order valence-electron chi connectivity index (χ4n) is 1.31. The summed E-state index contributed by atoms with van der Waals surface area (Å²) in [6.45, 7) is 0. The molecule has 0 aliphatic heterocycles. The summed E-state index contributed by atoms with van der Waals surface area (Å²) in [4.78, 5) is 14.8. The molecule has 2 N–H and O–H groups in total. The van der Waals surface area contributed by atoms with E-state index in [4.69, 9.17) is 5.11 Å². The van der Waals surface area contributed by atoms with Gasteiger partial charge < -0.3 is 9.83 Å². The highest BCUT2D eigenvalue weighted by Crippen LogP contribution is 2.24. The Bertz CT molecular complexity index is 622. The number of halogens is 2. The Labute approximate surface area is 111 Å². The van der Waals surface area contributed by atoms with Gasteiger partial charge in [0, 0.05) is 24.2 Å². The van der Waals surface area contributed by atoms with Crippen molar-refractivity contribution in [3.05, 3.63) is 53.7 Å². The van der Waals surface area contributed by atoms with Crippen LogP contribution in [0.4, 0.5) is 14.5 Å². The lowest BCUT2D eigenvalue weighted by atomic mass is 10.3. The summed E-state index contributed by atoms with van der Waals surface area (Å²) in [6.07, 6.45) is 1.42. The first-order chi connectivity index (χ1) is 9.08. The number of nitrogens with one attached hydrogen (secondary N) is 1. The van der Waals surface area contributed by atoms with Crippen LogP contribution in [0.5, 0.6) is 0 Å². The number of carbonyl (C=O) groups is 1. The van der Waals surface area contributed by atoms with Gasteiger partial charge in [0.05, 0.1) is 11.3 Å². The van der Waals surface area contributed by atoms with Crippen LogP contribution in [0.2, 0.25) is 0 Å². The van der Waals surface area contributed by atoms with Crippen molar-refractivity contribution in [2.45, 2.75) is 5.03 Å². The maximum Gasteiger partial charge on any atom is 0.338 e. The van der Waals surface area contributed by atoms with Crippen LogP contribution in [0.3, 0.4) is 0 Å². The van der Waals surface area contributed by atoms with Crippen LogP contribution >= 0.6 is 11.9 Å². The largest absolute Gasteiger partial charge is 0.478 e. The van der Waals surface area contributed by atoms with Gasteiger partial charge in [-0.05, 0) is 24.3 Å². The number of anilines is 1. The van der Waals surface area contributed by atoms with Gasteiger partial charge in [0.15, 0.2) is 0 Å².